The Bertz CT molecular complexity index is 821. The van der Waals surface area contributed by atoms with Crippen molar-refractivity contribution in [3.05, 3.63) is 35.5 Å². The van der Waals surface area contributed by atoms with Crippen molar-refractivity contribution in [2.24, 2.45) is 0 Å². The van der Waals surface area contributed by atoms with Crippen LogP contribution in [0, 0.1) is 12.7 Å². The molecule has 7 nitrogen and oxygen atoms in total. The first-order valence-corrected chi connectivity index (χ1v) is 8.54. The molecular weight excluding hydrogens is 341 g/mol. The third kappa shape index (κ3) is 4.07. The van der Waals surface area contributed by atoms with Crippen molar-refractivity contribution in [2.45, 2.75) is 45.1 Å². The topological polar surface area (TPSA) is 96.5 Å². The van der Waals surface area contributed by atoms with E-state index in [1.807, 2.05) is 0 Å². The van der Waals surface area contributed by atoms with Gasteiger partial charge in [-0.2, -0.15) is 4.98 Å². The molecule has 1 fully saturated rings. The molecule has 1 aromatic carbocycles. The predicted molar refractivity (Wildman–Crippen MR) is 89.7 cm³/mol. The van der Waals surface area contributed by atoms with Crippen molar-refractivity contribution >= 4 is 11.9 Å². The number of nitrogens with zero attached hydrogens (tertiary/aromatic N) is 3. The Balaban J connectivity index is 1.60. The second-order valence-electron chi connectivity index (χ2n) is 6.46. The van der Waals surface area contributed by atoms with Crippen molar-refractivity contribution in [1.29, 1.82) is 0 Å². The lowest BCUT2D eigenvalue weighted by atomic mass is 10.1. The fourth-order valence-corrected chi connectivity index (χ4v) is 3.14. The van der Waals surface area contributed by atoms with Crippen LogP contribution in [0.2, 0.25) is 0 Å². The number of carbonyl (C=O) groups is 2. The second kappa shape index (κ2) is 7.63. The maximum atomic E-state index is 13.6. The van der Waals surface area contributed by atoms with Crippen molar-refractivity contribution in [2.75, 3.05) is 6.54 Å². The average molecular weight is 361 g/mol. The standard InChI is InChI=1S/C18H20FN3O4/c1-11-4-5-12(9-14(11)19)18-20-15(26-21-18)6-7-16(23)22-8-2-3-13(22)10-17(24)25/h4-5,9,13H,2-3,6-8,10H2,1H3,(H,24,25)/t13-/m1/s1. The van der Waals surface area contributed by atoms with Crippen LogP contribution in [-0.4, -0.2) is 44.6 Å². The van der Waals surface area contributed by atoms with Gasteiger partial charge in [0.1, 0.15) is 5.82 Å². The van der Waals surface area contributed by atoms with Crippen LogP contribution in [0.1, 0.15) is 37.1 Å². The summed E-state index contributed by atoms with van der Waals surface area (Å²) in [6.07, 6.45) is 1.92. The van der Waals surface area contributed by atoms with Gasteiger partial charge in [-0.15, -0.1) is 0 Å². The van der Waals surface area contributed by atoms with Gasteiger partial charge in [-0.25, -0.2) is 4.39 Å². The third-order valence-corrected chi connectivity index (χ3v) is 4.56. The molecule has 0 saturated carbocycles. The molecule has 8 heteroatoms. The molecule has 1 amide bonds. The zero-order chi connectivity index (χ0) is 18.7. The van der Waals surface area contributed by atoms with E-state index < -0.39 is 5.97 Å². The number of aryl methyl sites for hydroxylation is 2. The van der Waals surface area contributed by atoms with E-state index in [9.17, 15) is 14.0 Å². The molecule has 1 aliphatic heterocycles. The number of halogens is 1. The van der Waals surface area contributed by atoms with E-state index in [4.69, 9.17) is 9.63 Å². The summed E-state index contributed by atoms with van der Waals surface area (Å²) in [5.74, 6) is -0.793. The van der Waals surface area contributed by atoms with E-state index in [-0.39, 0.29) is 42.9 Å². The highest BCUT2D eigenvalue weighted by molar-refractivity contribution is 5.78. The Hall–Kier alpha value is -2.77. The van der Waals surface area contributed by atoms with Crippen LogP contribution in [0.25, 0.3) is 11.4 Å². The summed E-state index contributed by atoms with van der Waals surface area (Å²) in [6, 6.07) is 4.45. The number of hydrogen-bond donors (Lipinski definition) is 1. The normalized spacial score (nSPS) is 16.8. The Morgan fingerprint density at radius 1 is 1.42 bits per heavy atom. The smallest absolute Gasteiger partial charge is 0.305 e. The van der Waals surface area contributed by atoms with Crippen LogP contribution >= 0.6 is 0 Å². The molecule has 138 valence electrons. The fourth-order valence-electron chi connectivity index (χ4n) is 3.14. The lowest BCUT2D eigenvalue weighted by Crippen LogP contribution is -2.36. The molecule has 0 spiro atoms. The molecule has 0 unspecified atom stereocenters. The first-order chi connectivity index (χ1) is 12.4. The molecule has 0 radical (unpaired) electrons. The molecule has 3 rings (SSSR count). The molecule has 2 heterocycles. The number of rotatable bonds is 6. The quantitative estimate of drug-likeness (QED) is 0.849. The van der Waals surface area contributed by atoms with Crippen LogP contribution in [0.5, 0.6) is 0 Å². The number of likely N-dealkylation sites (tertiary alicyclic amines) is 1. The van der Waals surface area contributed by atoms with Gasteiger partial charge in [0.05, 0.1) is 6.42 Å². The Kier molecular flexibility index (Phi) is 5.29. The minimum absolute atomic E-state index is 0.0323. The van der Waals surface area contributed by atoms with Crippen LogP contribution in [0.3, 0.4) is 0 Å². The van der Waals surface area contributed by atoms with Crippen molar-refractivity contribution in [3.8, 4) is 11.4 Å². The van der Waals surface area contributed by atoms with Gasteiger partial charge in [-0.3, -0.25) is 9.59 Å². The van der Waals surface area contributed by atoms with Gasteiger partial charge in [0.25, 0.3) is 0 Å². The average Bonchev–Trinajstić information content (AvgIpc) is 3.24. The van der Waals surface area contributed by atoms with E-state index in [0.29, 0.717) is 30.0 Å². The summed E-state index contributed by atoms with van der Waals surface area (Å²) in [5.41, 5.74) is 1.04. The first-order valence-electron chi connectivity index (χ1n) is 8.54. The van der Waals surface area contributed by atoms with Gasteiger partial charge in [0.2, 0.25) is 17.6 Å². The first kappa shape index (κ1) is 18.0. The summed E-state index contributed by atoms with van der Waals surface area (Å²) in [5, 5.41) is 12.8. The summed E-state index contributed by atoms with van der Waals surface area (Å²) in [7, 11) is 0. The van der Waals surface area contributed by atoms with E-state index in [1.165, 1.54) is 6.07 Å². The number of carboxylic acids is 1. The van der Waals surface area contributed by atoms with Crippen molar-refractivity contribution in [3.63, 3.8) is 0 Å². The van der Waals surface area contributed by atoms with Gasteiger partial charge in [0.15, 0.2) is 0 Å². The van der Waals surface area contributed by atoms with Crippen LogP contribution in [-0.2, 0) is 16.0 Å². The van der Waals surface area contributed by atoms with E-state index >= 15 is 0 Å². The van der Waals surface area contributed by atoms with Gasteiger partial charge in [0, 0.05) is 31.0 Å². The third-order valence-electron chi connectivity index (χ3n) is 4.56. The van der Waals surface area contributed by atoms with Gasteiger partial charge in [-0.1, -0.05) is 17.3 Å². The lowest BCUT2D eigenvalue weighted by molar-refractivity contribution is -0.139. The molecular formula is C18H20FN3O4. The highest BCUT2D eigenvalue weighted by Crippen LogP contribution is 2.22. The maximum absolute atomic E-state index is 13.6. The van der Waals surface area contributed by atoms with E-state index in [0.717, 1.165) is 6.42 Å². The summed E-state index contributed by atoms with van der Waals surface area (Å²) >= 11 is 0. The molecule has 1 N–H and O–H groups in total. The number of amides is 1. The maximum Gasteiger partial charge on any atom is 0.305 e. The van der Waals surface area contributed by atoms with Crippen molar-refractivity contribution < 1.29 is 23.6 Å². The van der Waals surface area contributed by atoms with Crippen LogP contribution in [0.15, 0.2) is 22.7 Å². The van der Waals surface area contributed by atoms with Gasteiger partial charge < -0.3 is 14.5 Å². The number of benzene rings is 1. The second-order valence-corrected chi connectivity index (χ2v) is 6.46. The summed E-state index contributed by atoms with van der Waals surface area (Å²) in [4.78, 5) is 29.1. The fraction of sp³-hybridized carbons (Fsp3) is 0.444. The number of aliphatic carboxylic acids is 1. The summed E-state index contributed by atoms with van der Waals surface area (Å²) < 4.78 is 18.8. The molecule has 1 aromatic heterocycles. The number of aromatic nitrogens is 2. The highest BCUT2D eigenvalue weighted by Gasteiger charge is 2.30. The molecule has 0 aliphatic carbocycles. The zero-order valence-corrected chi connectivity index (χ0v) is 14.4. The molecule has 2 aromatic rings. The monoisotopic (exact) mass is 361 g/mol. The number of carbonyl (C=O) groups excluding carboxylic acids is 1. The minimum Gasteiger partial charge on any atom is -0.481 e. The Labute approximate surface area is 149 Å². The lowest BCUT2D eigenvalue weighted by Gasteiger charge is -2.23. The molecule has 1 atom stereocenters. The molecule has 26 heavy (non-hydrogen) atoms. The predicted octanol–water partition coefficient (Wildman–Crippen LogP) is 2.58. The van der Waals surface area contributed by atoms with E-state index in [2.05, 4.69) is 10.1 Å². The van der Waals surface area contributed by atoms with Gasteiger partial charge >= 0.3 is 5.97 Å². The summed E-state index contributed by atoms with van der Waals surface area (Å²) in [6.45, 7) is 2.25. The molecule has 1 aliphatic rings. The van der Waals surface area contributed by atoms with Crippen LogP contribution in [0.4, 0.5) is 4.39 Å². The zero-order valence-electron chi connectivity index (χ0n) is 14.4. The molecule has 1 saturated heterocycles. The van der Waals surface area contributed by atoms with Crippen LogP contribution < -0.4 is 0 Å². The van der Waals surface area contributed by atoms with E-state index in [1.54, 1.807) is 24.0 Å². The Morgan fingerprint density at radius 3 is 2.96 bits per heavy atom. The largest absolute Gasteiger partial charge is 0.481 e. The van der Waals surface area contributed by atoms with Crippen molar-refractivity contribution in [1.82, 2.24) is 15.0 Å². The van der Waals surface area contributed by atoms with Gasteiger partial charge in [-0.05, 0) is 31.4 Å². The Morgan fingerprint density at radius 2 is 2.23 bits per heavy atom. The highest BCUT2D eigenvalue weighted by atomic mass is 19.1. The number of carboxylic acid groups (broad SMARTS) is 1. The minimum atomic E-state index is -0.901. The SMILES string of the molecule is Cc1ccc(-c2noc(CCC(=O)N3CCC[C@@H]3CC(=O)O)n2)cc1F. The number of hydrogen-bond acceptors (Lipinski definition) is 5. The molecule has 0 bridgehead atoms.